The number of halogens is 1. The predicted octanol–water partition coefficient (Wildman–Crippen LogP) is 1.45. The maximum absolute atomic E-state index is 8.92. The molecule has 0 atom stereocenters. The van der Waals surface area contributed by atoms with Crippen LogP contribution in [0, 0.1) is 3.57 Å². The maximum Gasteiger partial charge on any atom is 0.0692 e. The summed E-state index contributed by atoms with van der Waals surface area (Å²) in [4.78, 5) is 0. The summed E-state index contributed by atoms with van der Waals surface area (Å²) in [5.41, 5.74) is 2.23. The second-order valence-corrected chi connectivity index (χ2v) is 3.66. The molecule has 0 saturated carbocycles. The highest BCUT2D eigenvalue weighted by Gasteiger charge is 2.01. The van der Waals surface area contributed by atoms with Crippen molar-refractivity contribution in [3.8, 4) is 0 Å². The number of aliphatic hydroxyl groups is 1. The van der Waals surface area contributed by atoms with Gasteiger partial charge in [-0.15, -0.1) is 0 Å². The Morgan fingerprint density at radius 1 is 1.36 bits per heavy atom. The fraction of sp³-hybridized carbons (Fsp3) is 0.250. The van der Waals surface area contributed by atoms with E-state index in [1.54, 1.807) is 0 Å². The van der Waals surface area contributed by atoms with Crippen LogP contribution in [0.2, 0.25) is 0 Å². The summed E-state index contributed by atoms with van der Waals surface area (Å²) >= 11 is 2.25. The van der Waals surface area contributed by atoms with Gasteiger partial charge in [-0.05, 0) is 39.8 Å². The van der Waals surface area contributed by atoms with Gasteiger partial charge in [0.15, 0.2) is 0 Å². The van der Waals surface area contributed by atoms with E-state index in [1.165, 1.54) is 5.56 Å². The molecule has 11 heavy (non-hydrogen) atoms. The zero-order valence-electron chi connectivity index (χ0n) is 5.97. The minimum Gasteiger partial charge on any atom is -0.392 e. The largest absolute Gasteiger partial charge is 0.392 e. The summed E-state index contributed by atoms with van der Waals surface area (Å²) in [7, 11) is 3.43. The quantitative estimate of drug-likeness (QED) is 0.640. The van der Waals surface area contributed by atoms with E-state index in [9.17, 15) is 0 Å². The topological polar surface area (TPSA) is 20.2 Å². The van der Waals surface area contributed by atoms with E-state index in [0.717, 1.165) is 15.2 Å². The van der Waals surface area contributed by atoms with Crippen LogP contribution in [0.3, 0.4) is 0 Å². The van der Waals surface area contributed by atoms with Crippen LogP contribution in [0.1, 0.15) is 11.1 Å². The van der Waals surface area contributed by atoms with Crippen molar-refractivity contribution in [1.29, 1.82) is 0 Å². The molecule has 3 heteroatoms. The monoisotopic (exact) mass is 275 g/mol. The van der Waals surface area contributed by atoms with Crippen LogP contribution in [0.4, 0.5) is 0 Å². The molecule has 0 aliphatic heterocycles. The third-order valence-electron chi connectivity index (χ3n) is 1.52. The zero-order valence-corrected chi connectivity index (χ0v) is 9.13. The normalized spacial score (nSPS) is 10.1. The van der Waals surface area contributed by atoms with Gasteiger partial charge in [0.2, 0.25) is 0 Å². The van der Waals surface area contributed by atoms with Crippen molar-refractivity contribution in [2.24, 2.45) is 0 Å². The Morgan fingerprint density at radius 3 is 2.55 bits per heavy atom. The first-order valence-corrected chi connectivity index (χ1v) is 5.10. The molecule has 3 radical (unpaired) electrons. The van der Waals surface area contributed by atoms with Crippen LogP contribution in [0.15, 0.2) is 18.2 Å². The Kier molecular flexibility index (Phi) is 3.54. The molecule has 1 nitrogen and oxygen atoms in total. The predicted molar refractivity (Wildman–Crippen MR) is 54.5 cm³/mol. The fourth-order valence-corrected chi connectivity index (χ4v) is 2.27. The second-order valence-electron chi connectivity index (χ2n) is 2.23. The van der Waals surface area contributed by atoms with E-state index in [1.807, 2.05) is 18.2 Å². The Balaban J connectivity index is 3.10. The molecule has 57 valence electrons. The summed E-state index contributed by atoms with van der Waals surface area (Å²) in [5.74, 6) is 0. The number of hydrogen-bond acceptors (Lipinski definition) is 1. The molecule has 0 aliphatic carbocycles. The highest BCUT2D eigenvalue weighted by molar-refractivity contribution is 14.1. The number of hydrogen-bond donors (Lipinski definition) is 1. The Labute approximate surface area is 83.4 Å². The first-order chi connectivity index (χ1) is 5.29. The first-order valence-electron chi connectivity index (χ1n) is 3.31. The molecule has 0 bridgehead atoms. The van der Waals surface area contributed by atoms with Crippen molar-refractivity contribution < 1.29 is 5.11 Å². The minimum absolute atomic E-state index is 0.123. The maximum atomic E-state index is 8.92. The molecule has 1 N–H and O–H groups in total. The van der Waals surface area contributed by atoms with Crippen LogP contribution >= 0.6 is 22.6 Å². The van der Waals surface area contributed by atoms with Gasteiger partial charge in [-0.2, -0.15) is 0 Å². The molecular weight excluding hydrogens is 267 g/mol. The van der Waals surface area contributed by atoms with Crippen LogP contribution in [0.5, 0.6) is 0 Å². The van der Waals surface area contributed by atoms with Gasteiger partial charge >= 0.3 is 0 Å². The van der Waals surface area contributed by atoms with Gasteiger partial charge in [0, 0.05) is 13.8 Å². The van der Waals surface area contributed by atoms with Crippen molar-refractivity contribution in [2.45, 2.75) is 12.7 Å². The van der Waals surface area contributed by atoms with Gasteiger partial charge in [-0.1, -0.05) is 18.2 Å². The zero-order chi connectivity index (χ0) is 8.27. The lowest BCUT2D eigenvalue weighted by Crippen LogP contribution is -1.94. The van der Waals surface area contributed by atoms with Gasteiger partial charge in [0.1, 0.15) is 0 Å². The van der Waals surface area contributed by atoms with Crippen molar-refractivity contribution in [1.82, 2.24) is 0 Å². The Morgan fingerprint density at radius 2 is 2.00 bits per heavy atom. The summed E-state index contributed by atoms with van der Waals surface area (Å²) < 4.78 is 1.16. The van der Waals surface area contributed by atoms with Crippen LogP contribution in [-0.2, 0) is 12.7 Å². The second kappa shape index (κ2) is 4.23. The van der Waals surface area contributed by atoms with Gasteiger partial charge in [-0.3, -0.25) is 0 Å². The summed E-state index contributed by atoms with van der Waals surface area (Å²) in [6.45, 7) is 0.123. The molecule has 0 aliphatic rings. The highest BCUT2D eigenvalue weighted by Crippen LogP contribution is 2.16. The molecule has 0 amide bonds. The molecule has 1 aromatic carbocycles. The van der Waals surface area contributed by atoms with E-state index in [-0.39, 0.29) is 6.61 Å². The van der Waals surface area contributed by atoms with Crippen molar-refractivity contribution in [3.05, 3.63) is 32.9 Å². The van der Waals surface area contributed by atoms with E-state index in [2.05, 4.69) is 32.8 Å². The molecular formula is C8H8IOSi. The average Bonchev–Trinajstić information content (AvgIpc) is 2.05. The smallest absolute Gasteiger partial charge is 0.0692 e. The standard InChI is InChI=1S/C8H8IOSi/c9-8-6(4-10)2-1-3-7(8)5-11/h1-3,10H,4-5H2. The SMILES string of the molecule is OCc1cccc(C[Si])c1I. The van der Waals surface area contributed by atoms with Crippen LogP contribution < -0.4 is 0 Å². The van der Waals surface area contributed by atoms with Crippen LogP contribution in [-0.4, -0.2) is 15.3 Å². The first kappa shape index (κ1) is 9.22. The lowest BCUT2D eigenvalue weighted by atomic mass is 10.1. The fourth-order valence-electron chi connectivity index (χ4n) is 0.892. The molecule has 0 fully saturated rings. The van der Waals surface area contributed by atoms with Gasteiger partial charge in [0.05, 0.1) is 6.61 Å². The lowest BCUT2D eigenvalue weighted by Gasteiger charge is -2.04. The third-order valence-corrected chi connectivity index (χ3v) is 3.29. The molecule has 1 aromatic rings. The molecule has 1 rings (SSSR count). The van der Waals surface area contributed by atoms with E-state index < -0.39 is 0 Å². The molecule has 0 aromatic heterocycles. The lowest BCUT2D eigenvalue weighted by molar-refractivity contribution is 0.281. The van der Waals surface area contributed by atoms with Gasteiger partial charge in [-0.25, -0.2) is 0 Å². The van der Waals surface area contributed by atoms with E-state index >= 15 is 0 Å². The third kappa shape index (κ3) is 2.04. The van der Waals surface area contributed by atoms with E-state index in [4.69, 9.17) is 5.11 Å². The van der Waals surface area contributed by atoms with Crippen LogP contribution in [0.25, 0.3) is 0 Å². The average molecular weight is 275 g/mol. The number of aliphatic hydroxyl groups excluding tert-OH is 1. The summed E-state index contributed by atoms with van der Waals surface area (Å²) in [6, 6.07) is 6.79. The van der Waals surface area contributed by atoms with Gasteiger partial charge in [0.25, 0.3) is 0 Å². The molecule has 0 spiro atoms. The van der Waals surface area contributed by atoms with Crippen molar-refractivity contribution in [2.75, 3.05) is 0 Å². The summed E-state index contributed by atoms with van der Waals surface area (Å²) in [5, 5.41) is 8.92. The minimum atomic E-state index is 0.123. The Hall–Kier alpha value is 0.127. The van der Waals surface area contributed by atoms with E-state index in [0.29, 0.717) is 0 Å². The molecule has 0 unspecified atom stereocenters. The Bertz CT molecular complexity index is 228. The summed E-state index contributed by atoms with van der Waals surface area (Å²) in [6.07, 6.45) is 0. The molecule has 0 heterocycles. The van der Waals surface area contributed by atoms with Crippen molar-refractivity contribution in [3.63, 3.8) is 0 Å². The van der Waals surface area contributed by atoms with Gasteiger partial charge < -0.3 is 5.11 Å². The number of rotatable bonds is 2. The van der Waals surface area contributed by atoms with Crippen molar-refractivity contribution >= 4 is 32.8 Å². The highest BCUT2D eigenvalue weighted by atomic mass is 127. The molecule has 0 saturated heterocycles. The number of benzene rings is 1.